The van der Waals surface area contributed by atoms with Crippen LogP contribution in [0.1, 0.15) is 0 Å². The second-order valence-electron chi connectivity index (χ2n) is 6.98. The number of halogens is 2. The van der Waals surface area contributed by atoms with Crippen LogP contribution in [0.5, 0.6) is 5.75 Å². The molecule has 0 spiro atoms. The highest BCUT2D eigenvalue weighted by Crippen LogP contribution is 2.34. The van der Waals surface area contributed by atoms with Crippen molar-refractivity contribution in [2.45, 2.75) is 0 Å². The topological polar surface area (TPSA) is 138 Å². The average Bonchev–Trinajstić information content (AvgIpc) is 2.84. The Morgan fingerprint density at radius 2 is 1.69 bits per heavy atom. The lowest BCUT2D eigenvalue weighted by Crippen LogP contribution is -2.13. The molecule has 1 aromatic heterocycles. The quantitative estimate of drug-likeness (QED) is 0.177. The van der Waals surface area contributed by atoms with Crippen LogP contribution in [0, 0.1) is 15.9 Å². The summed E-state index contributed by atoms with van der Waals surface area (Å²) in [5.74, 6) is -0.238. The average molecular weight is 511 g/mol. The molecule has 13 heteroatoms. The molecule has 0 radical (unpaired) electrons. The zero-order chi connectivity index (χ0) is 25.0. The van der Waals surface area contributed by atoms with Crippen molar-refractivity contribution in [1.82, 2.24) is 9.97 Å². The number of aliphatic hydroxyl groups is 1. The molecule has 3 rings (SSSR count). The fourth-order valence-electron chi connectivity index (χ4n) is 2.96. The Balaban J connectivity index is 1.59. The molecule has 2 aromatic carbocycles. The lowest BCUT2D eigenvalue weighted by atomic mass is 10.2. The summed E-state index contributed by atoms with van der Waals surface area (Å²) in [4.78, 5) is 19.4. The molecule has 0 unspecified atom stereocenters. The van der Waals surface area contributed by atoms with Crippen LogP contribution in [0.25, 0.3) is 10.9 Å². The number of hydrogen-bond donors (Lipinski definition) is 2. The third kappa shape index (κ3) is 7.94. The van der Waals surface area contributed by atoms with Gasteiger partial charge >= 0.3 is 5.69 Å². The van der Waals surface area contributed by atoms with E-state index in [1.54, 1.807) is 0 Å². The molecule has 11 nitrogen and oxygen atoms in total. The number of aromatic nitrogens is 2. The summed E-state index contributed by atoms with van der Waals surface area (Å²) in [6.07, 6.45) is 1.30. The number of rotatable bonds is 15. The Morgan fingerprint density at radius 1 is 1.00 bits per heavy atom. The second-order valence-corrected chi connectivity index (χ2v) is 7.39. The highest BCUT2D eigenvalue weighted by Gasteiger charge is 2.19. The van der Waals surface area contributed by atoms with Crippen molar-refractivity contribution >= 4 is 39.7 Å². The summed E-state index contributed by atoms with van der Waals surface area (Å²) in [7, 11) is 0. The van der Waals surface area contributed by atoms with Crippen molar-refractivity contribution < 1.29 is 33.4 Å². The molecule has 0 aliphatic heterocycles. The monoisotopic (exact) mass is 510 g/mol. The molecule has 0 fully saturated rings. The highest BCUT2D eigenvalue weighted by atomic mass is 35.5. The summed E-state index contributed by atoms with van der Waals surface area (Å²) >= 11 is 5.82. The molecular weight excluding hydrogens is 487 g/mol. The van der Waals surface area contributed by atoms with E-state index in [0.717, 1.165) is 0 Å². The van der Waals surface area contributed by atoms with Crippen LogP contribution in [0.15, 0.2) is 36.7 Å². The number of aliphatic hydroxyl groups excluding tert-OH is 1. The van der Waals surface area contributed by atoms with Gasteiger partial charge in [-0.1, -0.05) is 11.6 Å². The van der Waals surface area contributed by atoms with Gasteiger partial charge in [0.05, 0.1) is 67.1 Å². The van der Waals surface area contributed by atoms with E-state index in [0.29, 0.717) is 43.0 Å². The maximum Gasteiger partial charge on any atom is 0.311 e. The van der Waals surface area contributed by atoms with Gasteiger partial charge in [0, 0.05) is 17.8 Å². The first-order valence-corrected chi connectivity index (χ1v) is 11.0. The van der Waals surface area contributed by atoms with Gasteiger partial charge in [0.2, 0.25) is 0 Å². The van der Waals surface area contributed by atoms with E-state index in [1.807, 2.05) is 0 Å². The van der Waals surface area contributed by atoms with Gasteiger partial charge in [0.25, 0.3) is 0 Å². The predicted octanol–water partition coefficient (Wildman–Crippen LogP) is 3.50. The molecule has 0 atom stereocenters. The van der Waals surface area contributed by atoms with Gasteiger partial charge in [0.1, 0.15) is 24.6 Å². The van der Waals surface area contributed by atoms with Crippen molar-refractivity contribution in [3.63, 3.8) is 0 Å². The van der Waals surface area contributed by atoms with E-state index < -0.39 is 10.7 Å². The lowest BCUT2D eigenvalue weighted by molar-refractivity contribution is -0.385. The lowest BCUT2D eigenvalue weighted by Gasteiger charge is -2.11. The van der Waals surface area contributed by atoms with E-state index >= 15 is 0 Å². The first kappa shape index (κ1) is 26.4. The Labute approximate surface area is 204 Å². The van der Waals surface area contributed by atoms with Gasteiger partial charge in [-0.2, -0.15) is 0 Å². The van der Waals surface area contributed by atoms with Gasteiger partial charge in [-0.3, -0.25) is 10.1 Å². The minimum atomic E-state index is -0.567. The summed E-state index contributed by atoms with van der Waals surface area (Å²) in [6.45, 7) is 1.95. The minimum Gasteiger partial charge on any atom is -0.484 e. The summed E-state index contributed by atoms with van der Waals surface area (Å²) in [5, 5.41) is 23.5. The molecule has 0 saturated carbocycles. The first-order chi connectivity index (χ1) is 17.0. The van der Waals surface area contributed by atoms with E-state index in [2.05, 4.69) is 15.3 Å². The number of anilines is 2. The number of fused-ring (bicyclic) bond motifs is 1. The van der Waals surface area contributed by atoms with Crippen molar-refractivity contribution in [2.24, 2.45) is 0 Å². The number of nitrogens with one attached hydrogen (secondary N) is 1. The van der Waals surface area contributed by atoms with Gasteiger partial charge < -0.3 is 29.4 Å². The molecule has 1 heterocycles. The van der Waals surface area contributed by atoms with Crippen LogP contribution in [0.3, 0.4) is 0 Å². The van der Waals surface area contributed by atoms with Crippen LogP contribution in [-0.4, -0.2) is 72.9 Å². The summed E-state index contributed by atoms with van der Waals surface area (Å²) in [6, 6.07) is 6.81. The zero-order valence-corrected chi connectivity index (χ0v) is 19.4. The maximum atomic E-state index is 13.4. The predicted molar refractivity (Wildman–Crippen MR) is 126 cm³/mol. The Bertz CT molecular complexity index is 1140. The van der Waals surface area contributed by atoms with E-state index in [9.17, 15) is 14.5 Å². The molecule has 188 valence electrons. The smallest absolute Gasteiger partial charge is 0.311 e. The minimum absolute atomic E-state index is 0.0329. The fraction of sp³-hybridized carbons (Fsp3) is 0.364. The van der Waals surface area contributed by atoms with Gasteiger partial charge in [-0.25, -0.2) is 14.4 Å². The van der Waals surface area contributed by atoms with E-state index in [1.165, 1.54) is 36.7 Å². The van der Waals surface area contributed by atoms with Crippen molar-refractivity contribution in [1.29, 1.82) is 0 Å². The molecule has 0 amide bonds. The number of nitro groups is 1. The SMILES string of the molecule is O=[N+]([O-])c1cc2c(Nc3ccc(F)c(Cl)c3)ncnc2cc1OCCOCCOCCOCCO. The second kappa shape index (κ2) is 13.7. The molecule has 0 aliphatic rings. The molecule has 3 aromatic rings. The number of nitro benzene ring substituents is 1. The van der Waals surface area contributed by atoms with Crippen LogP contribution in [0.4, 0.5) is 21.6 Å². The summed E-state index contributed by atoms with van der Waals surface area (Å²) < 4.78 is 34.8. The molecule has 35 heavy (non-hydrogen) atoms. The molecule has 0 aliphatic carbocycles. The number of hydrogen-bond acceptors (Lipinski definition) is 10. The maximum absolute atomic E-state index is 13.4. The molecule has 2 N–H and O–H groups in total. The number of nitrogens with zero attached hydrogens (tertiary/aromatic N) is 3. The Kier molecular flexibility index (Phi) is 10.3. The number of benzene rings is 2. The van der Waals surface area contributed by atoms with Crippen molar-refractivity contribution in [3.05, 3.63) is 57.6 Å². The summed E-state index contributed by atoms with van der Waals surface area (Å²) in [5.41, 5.74) is 0.603. The number of ether oxygens (including phenoxy) is 4. The van der Waals surface area contributed by atoms with E-state index in [4.69, 9.17) is 35.7 Å². The molecule has 0 bridgehead atoms. The van der Waals surface area contributed by atoms with E-state index in [-0.39, 0.29) is 48.7 Å². The molecular formula is C22H24ClFN4O7. The van der Waals surface area contributed by atoms with Gasteiger partial charge in [0.15, 0.2) is 5.75 Å². The van der Waals surface area contributed by atoms with Crippen molar-refractivity contribution in [2.75, 3.05) is 58.2 Å². The van der Waals surface area contributed by atoms with Gasteiger partial charge in [-0.05, 0) is 18.2 Å². The highest BCUT2D eigenvalue weighted by molar-refractivity contribution is 6.31. The van der Waals surface area contributed by atoms with Gasteiger partial charge in [-0.15, -0.1) is 0 Å². The third-order valence-electron chi connectivity index (χ3n) is 4.56. The Morgan fingerprint density at radius 3 is 2.34 bits per heavy atom. The third-order valence-corrected chi connectivity index (χ3v) is 4.85. The fourth-order valence-corrected chi connectivity index (χ4v) is 3.14. The van der Waals surface area contributed by atoms with Crippen LogP contribution < -0.4 is 10.1 Å². The van der Waals surface area contributed by atoms with Crippen LogP contribution >= 0.6 is 11.6 Å². The molecule has 0 saturated heterocycles. The largest absolute Gasteiger partial charge is 0.484 e. The standard InChI is InChI=1S/C22H24ClFN4O7/c23-17-11-15(1-2-18(17)24)27-22-16-12-20(28(30)31)21(13-19(16)25-14-26-22)35-10-9-34-8-7-33-6-5-32-4-3-29/h1-2,11-14,29H,3-10H2,(H,25,26,27). The first-order valence-electron chi connectivity index (χ1n) is 10.6. The Hall–Kier alpha value is -3.16. The van der Waals surface area contributed by atoms with Crippen LogP contribution in [0.2, 0.25) is 5.02 Å². The van der Waals surface area contributed by atoms with Crippen molar-refractivity contribution in [3.8, 4) is 5.75 Å². The normalized spacial score (nSPS) is 11.1. The van der Waals surface area contributed by atoms with Crippen LogP contribution in [-0.2, 0) is 14.2 Å². The zero-order valence-electron chi connectivity index (χ0n) is 18.6.